The van der Waals surface area contributed by atoms with Crippen LogP contribution in [0.15, 0.2) is 18.2 Å². The third kappa shape index (κ3) is 3.93. The lowest BCUT2D eigenvalue weighted by Crippen LogP contribution is -2.09. The highest BCUT2D eigenvalue weighted by Gasteiger charge is 2.34. The summed E-state index contributed by atoms with van der Waals surface area (Å²) in [6, 6.07) is 4.80. The molecule has 98 valence electrons. The molecular formula is C12H12F3NO2. The Balaban J connectivity index is 2.81. The molecule has 0 aromatic heterocycles. The molecule has 1 aromatic carbocycles. The van der Waals surface area contributed by atoms with E-state index in [-0.39, 0.29) is 12.4 Å². The van der Waals surface area contributed by atoms with E-state index in [0.717, 1.165) is 12.1 Å². The summed E-state index contributed by atoms with van der Waals surface area (Å²) in [6.45, 7) is 0.736. The maximum Gasteiger partial charge on any atom is 0.417 e. The molecule has 18 heavy (non-hydrogen) atoms. The van der Waals surface area contributed by atoms with Crippen molar-refractivity contribution in [3.05, 3.63) is 29.3 Å². The molecule has 0 amide bonds. The molecule has 0 aliphatic heterocycles. The number of rotatable bonds is 5. The van der Waals surface area contributed by atoms with Crippen LogP contribution >= 0.6 is 0 Å². The predicted molar refractivity (Wildman–Crippen MR) is 58.1 cm³/mol. The minimum Gasteiger partial charge on any atom is -0.493 e. The van der Waals surface area contributed by atoms with E-state index in [0.29, 0.717) is 13.0 Å². The van der Waals surface area contributed by atoms with Crippen molar-refractivity contribution in [2.45, 2.75) is 12.6 Å². The average molecular weight is 259 g/mol. The molecule has 6 heteroatoms. The van der Waals surface area contributed by atoms with E-state index in [2.05, 4.69) is 0 Å². The van der Waals surface area contributed by atoms with Gasteiger partial charge in [0.25, 0.3) is 0 Å². The molecule has 3 nitrogen and oxygen atoms in total. The highest BCUT2D eigenvalue weighted by Crippen LogP contribution is 2.34. The van der Waals surface area contributed by atoms with E-state index in [1.54, 1.807) is 0 Å². The third-order valence-electron chi connectivity index (χ3n) is 2.18. The maximum atomic E-state index is 12.6. The number of halogens is 3. The summed E-state index contributed by atoms with van der Waals surface area (Å²) < 4.78 is 47.8. The second-order valence-corrected chi connectivity index (χ2v) is 3.51. The molecule has 0 saturated heterocycles. The second-order valence-electron chi connectivity index (χ2n) is 3.51. The lowest BCUT2D eigenvalue weighted by molar-refractivity contribution is -0.137. The van der Waals surface area contributed by atoms with E-state index in [4.69, 9.17) is 14.7 Å². The van der Waals surface area contributed by atoms with E-state index < -0.39 is 17.3 Å². The Labute approximate surface area is 103 Å². The van der Waals surface area contributed by atoms with Crippen molar-refractivity contribution in [1.82, 2.24) is 0 Å². The Hall–Kier alpha value is -1.74. The van der Waals surface area contributed by atoms with E-state index in [1.165, 1.54) is 19.2 Å². The van der Waals surface area contributed by atoms with Crippen LogP contribution in [0.1, 0.15) is 17.5 Å². The van der Waals surface area contributed by atoms with Gasteiger partial charge in [-0.25, -0.2) is 0 Å². The van der Waals surface area contributed by atoms with Gasteiger partial charge >= 0.3 is 6.18 Å². The zero-order valence-electron chi connectivity index (χ0n) is 9.75. The summed E-state index contributed by atoms with van der Waals surface area (Å²) in [5.41, 5.74) is -1.39. The lowest BCUT2D eigenvalue weighted by atomic mass is 10.1. The molecule has 0 unspecified atom stereocenters. The number of benzene rings is 1. The van der Waals surface area contributed by atoms with Gasteiger partial charge in [-0.05, 0) is 18.2 Å². The summed E-state index contributed by atoms with van der Waals surface area (Å²) >= 11 is 0. The molecule has 1 rings (SSSR count). The predicted octanol–water partition coefficient (Wildman–Crippen LogP) is 2.99. The molecule has 1 aromatic rings. The topological polar surface area (TPSA) is 42.2 Å². The fraction of sp³-hybridized carbons (Fsp3) is 0.417. The highest BCUT2D eigenvalue weighted by atomic mass is 19.4. The molecule has 0 radical (unpaired) electrons. The maximum absolute atomic E-state index is 12.6. The van der Waals surface area contributed by atoms with E-state index >= 15 is 0 Å². The number of nitrogens with zero attached hydrogens (tertiary/aromatic N) is 1. The van der Waals surface area contributed by atoms with Crippen molar-refractivity contribution in [3.63, 3.8) is 0 Å². The van der Waals surface area contributed by atoms with Gasteiger partial charge in [-0.1, -0.05) is 0 Å². The fourth-order valence-corrected chi connectivity index (χ4v) is 1.34. The van der Waals surface area contributed by atoms with Crippen molar-refractivity contribution in [2.75, 3.05) is 20.3 Å². The van der Waals surface area contributed by atoms with Crippen LogP contribution < -0.4 is 4.74 Å². The Morgan fingerprint density at radius 3 is 2.56 bits per heavy atom. The van der Waals surface area contributed by atoms with Gasteiger partial charge in [-0.15, -0.1) is 0 Å². The first kappa shape index (κ1) is 14.3. The normalized spacial score (nSPS) is 11.1. The van der Waals surface area contributed by atoms with Crippen LogP contribution in [-0.2, 0) is 10.9 Å². The zero-order valence-corrected chi connectivity index (χ0v) is 9.75. The van der Waals surface area contributed by atoms with Crippen LogP contribution in [0.25, 0.3) is 0 Å². The molecular weight excluding hydrogens is 247 g/mol. The molecule has 0 N–H and O–H groups in total. The van der Waals surface area contributed by atoms with Crippen LogP contribution in [0.2, 0.25) is 0 Å². The first-order valence-corrected chi connectivity index (χ1v) is 5.22. The SMILES string of the molecule is COCCCOc1ccc(C#N)c(C(F)(F)F)c1. The Morgan fingerprint density at radius 1 is 1.28 bits per heavy atom. The number of hydrogen-bond acceptors (Lipinski definition) is 3. The quantitative estimate of drug-likeness (QED) is 0.763. The van der Waals surface area contributed by atoms with Gasteiger partial charge < -0.3 is 9.47 Å². The lowest BCUT2D eigenvalue weighted by Gasteiger charge is -2.11. The summed E-state index contributed by atoms with van der Waals surface area (Å²) in [5.74, 6) is 0.0948. The Kier molecular flexibility index (Phi) is 4.98. The summed E-state index contributed by atoms with van der Waals surface area (Å²) in [4.78, 5) is 0. The zero-order chi connectivity index (χ0) is 13.6. The standard InChI is InChI=1S/C12H12F3NO2/c1-17-5-2-6-18-10-4-3-9(8-16)11(7-10)12(13,14)15/h3-4,7H,2,5-6H2,1H3. The highest BCUT2D eigenvalue weighted by molar-refractivity contribution is 5.44. The molecule has 0 fully saturated rings. The number of alkyl halides is 3. The number of nitriles is 1. The molecule has 0 aliphatic rings. The van der Waals surface area contributed by atoms with Crippen LogP contribution in [0.3, 0.4) is 0 Å². The average Bonchev–Trinajstić information content (AvgIpc) is 2.33. The van der Waals surface area contributed by atoms with Gasteiger partial charge in [-0.3, -0.25) is 0 Å². The molecule has 0 heterocycles. The number of methoxy groups -OCH3 is 1. The second kappa shape index (κ2) is 6.26. The van der Waals surface area contributed by atoms with Gasteiger partial charge in [-0.2, -0.15) is 18.4 Å². The third-order valence-corrected chi connectivity index (χ3v) is 2.18. The first-order valence-electron chi connectivity index (χ1n) is 5.22. The smallest absolute Gasteiger partial charge is 0.417 e. The van der Waals surface area contributed by atoms with Gasteiger partial charge in [0.15, 0.2) is 0 Å². The Morgan fingerprint density at radius 2 is 2.00 bits per heavy atom. The van der Waals surface area contributed by atoms with Gasteiger partial charge in [0.1, 0.15) is 5.75 Å². The summed E-state index contributed by atoms with van der Waals surface area (Å²) in [6.07, 6.45) is -3.98. The van der Waals surface area contributed by atoms with Crippen molar-refractivity contribution in [3.8, 4) is 11.8 Å². The van der Waals surface area contributed by atoms with Gasteiger partial charge in [0.05, 0.1) is 23.8 Å². The van der Waals surface area contributed by atoms with E-state index in [9.17, 15) is 13.2 Å². The van der Waals surface area contributed by atoms with Gasteiger partial charge in [0.2, 0.25) is 0 Å². The van der Waals surface area contributed by atoms with Crippen LogP contribution in [0.4, 0.5) is 13.2 Å². The van der Waals surface area contributed by atoms with Crippen molar-refractivity contribution in [2.24, 2.45) is 0 Å². The van der Waals surface area contributed by atoms with Crippen LogP contribution in [0, 0.1) is 11.3 Å². The van der Waals surface area contributed by atoms with Crippen molar-refractivity contribution in [1.29, 1.82) is 5.26 Å². The molecule has 0 atom stereocenters. The molecule has 0 saturated carbocycles. The molecule has 0 spiro atoms. The van der Waals surface area contributed by atoms with Gasteiger partial charge in [0, 0.05) is 20.1 Å². The molecule has 0 bridgehead atoms. The number of ether oxygens (including phenoxy) is 2. The first-order chi connectivity index (χ1) is 8.49. The fourth-order valence-electron chi connectivity index (χ4n) is 1.34. The van der Waals surface area contributed by atoms with Crippen molar-refractivity contribution >= 4 is 0 Å². The monoisotopic (exact) mass is 259 g/mol. The Bertz CT molecular complexity index is 438. The van der Waals surface area contributed by atoms with Crippen LogP contribution in [0.5, 0.6) is 5.75 Å². The minimum atomic E-state index is -4.56. The van der Waals surface area contributed by atoms with E-state index in [1.807, 2.05) is 0 Å². The summed E-state index contributed by atoms with van der Waals surface area (Å²) in [7, 11) is 1.53. The largest absolute Gasteiger partial charge is 0.493 e. The van der Waals surface area contributed by atoms with Crippen molar-refractivity contribution < 1.29 is 22.6 Å². The molecule has 0 aliphatic carbocycles. The van der Waals surface area contributed by atoms with Crippen LogP contribution in [-0.4, -0.2) is 20.3 Å². The minimum absolute atomic E-state index is 0.0948. The summed E-state index contributed by atoms with van der Waals surface area (Å²) in [5, 5.41) is 8.61. The number of hydrogen-bond donors (Lipinski definition) is 0.